The molecule has 1 saturated heterocycles. The van der Waals surface area contributed by atoms with Crippen LogP contribution in [-0.4, -0.2) is 31.6 Å². The molecule has 2 aromatic rings. The van der Waals surface area contributed by atoms with Crippen LogP contribution in [0.15, 0.2) is 36.5 Å². The SMILES string of the molecule is Cc1ccnc(NC(=O)c2ccc(Cl)c(N3CCCCS3(=O)=O)c2)c1. The van der Waals surface area contributed by atoms with Crippen molar-refractivity contribution in [1.29, 1.82) is 0 Å². The lowest BCUT2D eigenvalue weighted by Gasteiger charge is -2.29. The number of nitrogens with one attached hydrogen (secondary N) is 1. The number of hydrogen-bond acceptors (Lipinski definition) is 4. The Labute approximate surface area is 151 Å². The summed E-state index contributed by atoms with van der Waals surface area (Å²) in [6.45, 7) is 2.27. The first kappa shape index (κ1) is 17.7. The fraction of sp³-hybridized carbons (Fsp3) is 0.294. The lowest BCUT2D eigenvalue weighted by atomic mass is 10.1. The van der Waals surface area contributed by atoms with E-state index < -0.39 is 10.0 Å². The second kappa shape index (κ2) is 7.01. The fourth-order valence-corrected chi connectivity index (χ4v) is 4.61. The van der Waals surface area contributed by atoms with Crippen molar-refractivity contribution < 1.29 is 13.2 Å². The number of carbonyl (C=O) groups excluding carboxylic acids is 1. The van der Waals surface area contributed by atoms with E-state index in [1.165, 1.54) is 10.4 Å². The molecule has 0 aliphatic carbocycles. The van der Waals surface area contributed by atoms with Crippen molar-refractivity contribution in [2.75, 3.05) is 21.9 Å². The maximum atomic E-state index is 12.5. The molecule has 132 valence electrons. The van der Waals surface area contributed by atoms with E-state index in [2.05, 4.69) is 10.3 Å². The molecular weight excluding hydrogens is 362 g/mol. The third-order valence-corrected chi connectivity index (χ3v) is 6.16. The Bertz CT molecular complexity index is 915. The van der Waals surface area contributed by atoms with Crippen molar-refractivity contribution in [3.63, 3.8) is 0 Å². The van der Waals surface area contributed by atoms with Gasteiger partial charge in [0.25, 0.3) is 5.91 Å². The summed E-state index contributed by atoms with van der Waals surface area (Å²) in [6, 6.07) is 8.20. The monoisotopic (exact) mass is 379 g/mol. The Kier molecular flexibility index (Phi) is 4.96. The zero-order chi connectivity index (χ0) is 18.0. The Morgan fingerprint density at radius 2 is 2.04 bits per heavy atom. The topological polar surface area (TPSA) is 79.4 Å². The summed E-state index contributed by atoms with van der Waals surface area (Å²) in [5.74, 6) is 0.157. The number of hydrogen-bond donors (Lipinski definition) is 1. The molecule has 0 saturated carbocycles. The summed E-state index contributed by atoms with van der Waals surface area (Å²) in [5.41, 5.74) is 1.64. The molecule has 0 atom stereocenters. The van der Waals surface area contributed by atoms with Crippen molar-refractivity contribution in [1.82, 2.24) is 4.98 Å². The molecule has 0 radical (unpaired) electrons. The molecule has 0 unspecified atom stereocenters. The first-order valence-corrected chi connectivity index (χ1v) is 9.89. The van der Waals surface area contributed by atoms with Gasteiger partial charge in [0, 0.05) is 18.3 Å². The molecule has 1 amide bonds. The summed E-state index contributed by atoms with van der Waals surface area (Å²) < 4.78 is 25.9. The molecule has 1 N–H and O–H groups in total. The molecule has 25 heavy (non-hydrogen) atoms. The van der Waals surface area contributed by atoms with Gasteiger partial charge in [-0.25, -0.2) is 13.4 Å². The number of nitrogens with zero attached hydrogens (tertiary/aromatic N) is 2. The second-order valence-electron chi connectivity index (χ2n) is 5.93. The number of rotatable bonds is 3. The third-order valence-electron chi connectivity index (χ3n) is 3.98. The summed E-state index contributed by atoms with van der Waals surface area (Å²) in [4.78, 5) is 16.6. The number of benzene rings is 1. The van der Waals surface area contributed by atoms with Crippen LogP contribution in [0.2, 0.25) is 5.02 Å². The molecule has 1 aliphatic heterocycles. The smallest absolute Gasteiger partial charge is 0.256 e. The molecule has 1 aromatic carbocycles. The predicted molar refractivity (Wildman–Crippen MR) is 98.7 cm³/mol. The fourth-order valence-electron chi connectivity index (χ4n) is 2.70. The molecule has 1 aromatic heterocycles. The number of halogens is 1. The highest BCUT2D eigenvalue weighted by Gasteiger charge is 2.28. The maximum absolute atomic E-state index is 12.5. The van der Waals surface area contributed by atoms with Crippen LogP contribution in [0, 0.1) is 6.92 Å². The van der Waals surface area contributed by atoms with Gasteiger partial charge in [-0.2, -0.15) is 0 Å². The average molecular weight is 380 g/mol. The molecule has 0 spiro atoms. The standard InChI is InChI=1S/C17H18ClN3O3S/c1-12-6-7-19-16(10-12)20-17(22)13-4-5-14(18)15(11-13)21-8-2-3-9-25(21,23)24/h4-7,10-11H,2-3,8-9H2,1H3,(H,19,20,22). The van der Waals surface area contributed by atoms with Crippen LogP contribution in [0.3, 0.4) is 0 Å². The first-order chi connectivity index (χ1) is 11.9. The highest BCUT2D eigenvalue weighted by molar-refractivity contribution is 7.92. The Morgan fingerprint density at radius 3 is 2.76 bits per heavy atom. The molecular formula is C17H18ClN3O3S. The largest absolute Gasteiger partial charge is 0.307 e. The van der Waals surface area contributed by atoms with E-state index in [1.807, 2.05) is 13.0 Å². The van der Waals surface area contributed by atoms with Gasteiger partial charge in [0.15, 0.2) is 0 Å². The summed E-state index contributed by atoms with van der Waals surface area (Å²) >= 11 is 6.19. The molecule has 1 aliphatic rings. The summed E-state index contributed by atoms with van der Waals surface area (Å²) in [5, 5.41) is 3.01. The van der Waals surface area contributed by atoms with Gasteiger partial charge >= 0.3 is 0 Å². The number of carbonyl (C=O) groups is 1. The molecule has 1 fully saturated rings. The number of pyridine rings is 1. The molecule has 8 heteroatoms. The third kappa shape index (κ3) is 3.93. The van der Waals surface area contributed by atoms with Crippen molar-refractivity contribution in [3.05, 3.63) is 52.7 Å². The van der Waals surface area contributed by atoms with Crippen LogP contribution >= 0.6 is 11.6 Å². The first-order valence-electron chi connectivity index (χ1n) is 7.91. The lowest BCUT2D eigenvalue weighted by molar-refractivity contribution is 0.102. The van der Waals surface area contributed by atoms with E-state index in [-0.39, 0.29) is 11.7 Å². The van der Waals surface area contributed by atoms with E-state index >= 15 is 0 Å². The van der Waals surface area contributed by atoms with Gasteiger partial charge in [0.1, 0.15) is 5.82 Å². The minimum absolute atomic E-state index is 0.0902. The van der Waals surface area contributed by atoms with Crippen LogP contribution in [-0.2, 0) is 10.0 Å². The lowest BCUT2D eigenvalue weighted by Crippen LogP contribution is -2.38. The Morgan fingerprint density at radius 1 is 1.24 bits per heavy atom. The maximum Gasteiger partial charge on any atom is 0.256 e. The van der Waals surface area contributed by atoms with Crippen molar-refractivity contribution in [2.24, 2.45) is 0 Å². The van der Waals surface area contributed by atoms with Gasteiger partial charge in [0.05, 0.1) is 16.5 Å². The van der Waals surface area contributed by atoms with Gasteiger partial charge in [-0.1, -0.05) is 11.6 Å². The summed E-state index contributed by atoms with van der Waals surface area (Å²) in [7, 11) is -3.40. The van der Waals surface area contributed by atoms with E-state index in [0.717, 1.165) is 12.0 Å². The second-order valence-corrected chi connectivity index (χ2v) is 8.35. The van der Waals surface area contributed by atoms with Crippen LogP contribution in [0.4, 0.5) is 11.5 Å². The highest BCUT2D eigenvalue weighted by atomic mass is 35.5. The number of sulfonamides is 1. The minimum atomic E-state index is -3.40. The van der Waals surface area contributed by atoms with E-state index in [9.17, 15) is 13.2 Å². The number of aromatic nitrogens is 1. The Balaban J connectivity index is 1.89. The van der Waals surface area contributed by atoms with E-state index in [1.54, 1.807) is 24.4 Å². The van der Waals surface area contributed by atoms with Crippen LogP contribution in [0.1, 0.15) is 28.8 Å². The van der Waals surface area contributed by atoms with Gasteiger partial charge in [-0.05, 0) is 55.7 Å². The van der Waals surface area contributed by atoms with Crippen LogP contribution in [0.5, 0.6) is 0 Å². The molecule has 0 bridgehead atoms. The molecule has 3 rings (SSSR count). The van der Waals surface area contributed by atoms with Crippen molar-refractivity contribution >= 4 is 39.0 Å². The molecule has 6 nitrogen and oxygen atoms in total. The van der Waals surface area contributed by atoms with Gasteiger partial charge < -0.3 is 5.32 Å². The van der Waals surface area contributed by atoms with Crippen LogP contribution in [0.25, 0.3) is 0 Å². The number of amides is 1. The average Bonchev–Trinajstić information content (AvgIpc) is 2.55. The Hall–Kier alpha value is -2.12. The van der Waals surface area contributed by atoms with E-state index in [0.29, 0.717) is 35.1 Å². The normalized spacial score (nSPS) is 16.5. The van der Waals surface area contributed by atoms with Gasteiger partial charge in [0.2, 0.25) is 10.0 Å². The predicted octanol–water partition coefficient (Wildman–Crippen LogP) is 3.23. The highest BCUT2D eigenvalue weighted by Crippen LogP contribution is 2.31. The van der Waals surface area contributed by atoms with Gasteiger partial charge in [-0.3, -0.25) is 9.10 Å². The summed E-state index contributed by atoms with van der Waals surface area (Å²) in [6.07, 6.45) is 3.01. The zero-order valence-electron chi connectivity index (χ0n) is 13.7. The number of aryl methyl sites for hydroxylation is 1. The molecule has 2 heterocycles. The quantitative estimate of drug-likeness (QED) is 0.887. The number of anilines is 2. The van der Waals surface area contributed by atoms with Crippen molar-refractivity contribution in [3.8, 4) is 0 Å². The van der Waals surface area contributed by atoms with E-state index in [4.69, 9.17) is 11.6 Å². The van der Waals surface area contributed by atoms with Crippen molar-refractivity contribution in [2.45, 2.75) is 19.8 Å². The van der Waals surface area contributed by atoms with Gasteiger partial charge in [-0.15, -0.1) is 0 Å². The van der Waals surface area contributed by atoms with Crippen LogP contribution < -0.4 is 9.62 Å². The minimum Gasteiger partial charge on any atom is -0.307 e. The zero-order valence-corrected chi connectivity index (χ0v) is 15.3.